The van der Waals surface area contributed by atoms with Gasteiger partial charge in [-0.2, -0.15) is 0 Å². The van der Waals surface area contributed by atoms with E-state index in [9.17, 15) is 44.1 Å². The van der Waals surface area contributed by atoms with Gasteiger partial charge in [0.25, 0.3) is 0 Å². The summed E-state index contributed by atoms with van der Waals surface area (Å²) in [5.41, 5.74) is 17.3. The molecule has 0 aliphatic carbocycles. The van der Waals surface area contributed by atoms with Crippen LogP contribution in [0.1, 0.15) is 24.0 Å². The lowest BCUT2D eigenvalue weighted by atomic mass is 10.0. The maximum atomic E-state index is 13.2. The first kappa shape index (κ1) is 32.0. The van der Waals surface area contributed by atoms with Gasteiger partial charge in [-0.25, -0.2) is 4.79 Å². The molecule has 0 aliphatic heterocycles. The van der Waals surface area contributed by atoms with E-state index in [1.54, 1.807) is 12.1 Å². The number of hydrogen-bond acceptors (Lipinski definition) is 9. The van der Waals surface area contributed by atoms with Crippen molar-refractivity contribution in [1.29, 1.82) is 0 Å². The minimum absolute atomic E-state index is 0.0140. The van der Waals surface area contributed by atoms with Crippen LogP contribution >= 0.6 is 0 Å². The number of carboxylic acids is 1. The number of nitrogens with one attached hydrogen (secondary N) is 3. The van der Waals surface area contributed by atoms with E-state index in [0.717, 1.165) is 0 Å². The molecule has 2 aromatic carbocycles. The topological polar surface area (TPSA) is 277 Å². The Labute approximate surface area is 234 Å². The predicted molar refractivity (Wildman–Crippen MR) is 143 cm³/mol. The van der Waals surface area contributed by atoms with E-state index in [1.165, 1.54) is 36.4 Å². The quantitative estimate of drug-likeness (QED) is 0.108. The van der Waals surface area contributed by atoms with Gasteiger partial charge in [-0.05, 0) is 41.8 Å². The number of amides is 5. The molecule has 4 atom stereocenters. The Bertz CT molecular complexity index is 1270. The number of nitrogens with two attached hydrogens (primary N) is 3. The normalized spacial score (nSPS) is 13.6. The summed E-state index contributed by atoms with van der Waals surface area (Å²) in [6.45, 7) is 0. The highest BCUT2D eigenvalue weighted by Gasteiger charge is 2.32. The lowest BCUT2D eigenvalue weighted by molar-refractivity contribution is -0.143. The maximum Gasteiger partial charge on any atom is 0.326 e. The van der Waals surface area contributed by atoms with E-state index in [0.29, 0.717) is 11.1 Å². The maximum absolute atomic E-state index is 13.2. The van der Waals surface area contributed by atoms with E-state index in [2.05, 4.69) is 16.0 Å². The lowest BCUT2D eigenvalue weighted by Crippen LogP contribution is -2.58. The number of carbonyl (C=O) groups is 6. The van der Waals surface area contributed by atoms with E-state index in [1.807, 2.05) is 0 Å². The average Bonchev–Trinajstić information content (AvgIpc) is 2.89. The Morgan fingerprint density at radius 2 is 1.00 bits per heavy atom. The number of phenolic OH excluding ortho intramolecular Hbond substituents is 2. The van der Waals surface area contributed by atoms with Crippen molar-refractivity contribution < 1.29 is 44.1 Å². The highest BCUT2D eigenvalue weighted by atomic mass is 16.4. The molecule has 0 saturated carbocycles. The molecule has 12 N–H and O–H groups in total. The molecule has 4 unspecified atom stereocenters. The first-order valence-corrected chi connectivity index (χ1v) is 12.3. The highest BCUT2D eigenvalue weighted by Crippen LogP contribution is 2.13. The zero-order valence-electron chi connectivity index (χ0n) is 21.8. The molecule has 15 nitrogen and oxygen atoms in total. The van der Waals surface area contributed by atoms with Gasteiger partial charge < -0.3 is 48.5 Å². The number of hydrogen-bond donors (Lipinski definition) is 9. The summed E-state index contributed by atoms with van der Waals surface area (Å²) in [6, 6.07) is 5.58. The van der Waals surface area contributed by atoms with Crippen molar-refractivity contribution in [3.8, 4) is 11.5 Å². The first-order valence-electron chi connectivity index (χ1n) is 12.3. The molecule has 220 valence electrons. The van der Waals surface area contributed by atoms with Crippen molar-refractivity contribution in [1.82, 2.24) is 16.0 Å². The lowest BCUT2D eigenvalue weighted by Gasteiger charge is -2.25. The van der Waals surface area contributed by atoms with E-state index in [4.69, 9.17) is 17.2 Å². The van der Waals surface area contributed by atoms with Gasteiger partial charge in [0.05, 0.1) is 18.9 Å². The van der Waals surface area contributed by atoms with Crippen LogP contribution in [0.3, 0.4) is 0 Å². The minimum Gasteiger partial charge on any atom is -0.508 e. The largest absolute Gasteiger partial charge is 0.508 e. The van der Waals surface area contributed by atoms with E-state index in [-0.39, 0.29) is 24.3 Å². The zero-order valence-corrected chi connectivity index (χ0v) is 21.8. The molecule has 0 radical (unpaired) electrons. The molecule has 2 aromatic rings. The molecule has 2 rings (SSSR count). The Hall–Kier alpha value is -5.18. The highest BCUT2D eigenvalue weighted by molar-refractivity contribution is 5.96. The number of rotatable bonds is 15. The SMILES string of the molecule is NC(=O)CC(NC(=O)C(Cc1ccc(O)cc1)NC(=O)C(CC(N)=O)NC(=O)C(N)Cc1ccc(O)cc1)C(=O)O. The number of primary amides is 2. The predicted octanol–water partition coefficient (Wildman–Crippen LogP) is -2.50. The molecule has 5 amide bonds. The third kappa shape index (κ3) is 10.8. The monoisotopic (exact) mass is 572 g/mol. The summed E-state index contributed by atoms with van der Waals surface area (Å²) in [7, 11) is 0. The van der Waals surface area contributed by atoms with Crippen LogP contribution in [0.15, 0.2) is 48.5 Å². The van der Waals surface area contributed by atoms with Gasteiger partial charge in [0.1, 0.15) is 29.6 Å². The molecule has 0 aliphatic rings. The second-order valence-corrected chi connectivity index (χ2v) is 9.21. The molecule has 0 bridgehead atoms. The molecule has 15 heteroatoms. The van der Waals surface area contributed by atoms with Crippen LogP contribution in [0.5, 0.6) is 11.5 Å². The van der Waals surface area contributed by atoms with Gasteiger partial charge in [-0.15, -0.1) is 0 Å². The van der Waals surface area contributed by atoms with E-state index < -0.39 is 72.5 Å². The van der Waals surface area contributed by atoms with Crippen molar-refractivity contribution in [3.63, 3.8) is 0 Å². The fourth-order valence-corrected chi connectivity index (χ4v) is 3.69. The summed E-state index contributed by atoms with van der Waals surface area (Å²) in [5.74, 6) is -6.38. The van der Waals surface area contributed by atoms with Crippen molar-refractivity contribution in [2.75, 3.05) is 0 Å². The Morgan fingerprint density at radius 1 is 0.610 bits per heavy atom. The van der Waals surface area contributed by atoms with Crippen molar-refractivity contribution >= 4 is 35.5 Å². The van der Waals surface area contributed by atoms with Crippen LogP contribution in [0.4, 0.5) is 0 Å². The number of carboxylic acid groups (broad SMARTS) is 1. The molecular formula is C26H32N6O9. The zero-order chi connectivity index (χ0) is 30.7. The van der Waals surface area contributed by atoms with Gasteiger partial charge >= 0.3 is 5.97 Å². The van der Waals surface area contributed by atoms with Crippen molar-refractivity contribution in [2.45, 2.75) is 49.9 Å². The van der Waals surface area contributed by atoms with Crippen LogP contribution in [0.2, 0.25) is 0 Å². The Morgan fingerprint density at radius 3 is 1.46 bits per heavy atom. The summed E-state index contributed by atoms with van der Waals surface area (Å²) in [4.78, 5) is 73.4. The third-order valence-electron chi connectivity index (χ3n) is 5.80. The fraction of sp³-hybridized carbons (Fsp3) is 0.308. The standard InChI is InChI=1S/C26H32N6O9/c27-17(9-13-1-5-15(33)6-2-13)23(37)30-19(11-21(28)35)25(39)31-18(10-14-3-7-16(34)8-4-14)24(38)32-20(26(40)41)12-22(29)36/h1-8,17-20,33-34H,9-12,27H2,(H2,28,35)(H2,29,36)(H,30,37)(H,31,39)(H,32,38)(H,40,41). The molecule has 41 heavy (non-hydrogen) atoms. The van der Waals surface area contributed by atoms with Gasteiger partial charge in [0.15, 0.2) is 0 Å². The van der Waals surface area contributed by atoms with Gasteiger partial charge in [0, 0.05) is 6.42 Å². The third-order valence-corrected chi connectivity index (χ3v) is 5.80. The molecular weight excluding hydrogens is 540 g/mol. The van der Waals surface area contributed by atoms with Crippen LogP contribution in [-0.4, -0.2) is 75.0 Å². The number of aliphatic carboxylic acids is 1. The Kier molecular flexibility index (Phi) is 11.6. The number of aromatic hydroxyl groups is 2. The second-order valence-electron chi connectivity index (χ2n) is 9.21. The van der Waals surface area contributed by atoms with E-state index >= 15 is 0 Å². The van der Waals surface area contributed by atoms with Crippen LogP contribution in [0, 0.1) is 0 Å². The van der Waals surface area contributed by atoms with Crippen molar-refractivity contribution in [2.24, 2.45) is 17.2 Å². The minimum atomic E-state index is -1.70. The average molecular weight is 573 g/mol. The first-order chi connectivity index (χ1) is 19.2. The number of carbonyl (C=O) groups excluding carboxylic acids is 5. The molecule has 0 aromatic heterocycles. The van der Waals surface area contributed by atoms with Crippen LogP contribution in [-0.2, 0) is 41.6 Å². The molecule has 0 heterocycles. The Balaban J connectivity index is 2.23. The smallest absolute Gasteiger partial charge is 0.326 e. The fourth-order valence-electron chi connectivity index (χ4n) is 3.69. The van der Waals surface area contributed by atoms with Crippen molar-refractivity contribution in [3.05, 3.63) is 59.7 Å². The van der Waals surface area contributed by atoms with Crippen LogP contribution in [0.25, 0.3) is 0 Å². The second kappa shape index (κ2) is 14.8. The van der Waals surface area contributed by atoms with Gasteiger partial charge in [0.2, 0.25) is 29.5 Å². The van der Waals surface area contributed by atoms with Crippen LogP contribution < -0.4 is 33.2 Å². The molecule has 0 spiro atoms. The molecule has 0 saturated heterocycles. The number of benzene rings is 2. The summed E-state index contributed by atoms with van der Waals surface area (Å²) in [6.07, 6.45) is -1.56. The summed E-state index contributed by atoms with van der Waals surface area (Å²) >= 11 is 0. The number of phenols is 2. The summed E-state index contributed by atoms with van der Waals surface area (Å²) < 4.78 is 0. The summed E-state index contributed by atoms with van der Waals surface area (Å²) in [5, 5.41) is 35.1. The van der Waals surface area contributed by atoms with Gasteiger partial charge in [-0.1, -0.05) is 24.3 Å². The van der Waals surface area contributed by atoms with Gasteiger partial charge in [-0.3, -0.25) is 24.0 Å². The molecule has 0 fully saturated rings.